The van der Waals surface area contributed by atoms with E-state index in [0.29, 0.717) is 12.0 Å². The minimum absolute atomic E-state index is 0.0926. The summed E-state index contributed by atoms with van der Waals surface area (Å²) in [6.07, 6.45) is -0.0454. The lowest BCUT2D eigenvalue weighted by molar-refractivity contribution is -0.0829. The monoisotopic (exact) mass is 513 g/mol. The number of aliphatic hydroxyl groups excluding tert-OH is 1. The summed E-state index contributed by atoms with van der Waals surface area (Å²) in [5.41, 5.74) is 1.94. The van der Waals surface area contributed by atoms with E-state index >= 15 is 0 Å². The standard InChI is InChI=1S/C31H31NO6/c1-35-24-14-10-22(11-15-24)31(21-7-4-3-5-8-21,23-12-16-25(36-2)17-13-23)37-20-29-27(33)19-28(38-29)26-9-6-18-32-30(26)34/h3-18,27-29,33H,19-20H2,1-2H3,(H,32,34)/t27-,28-,29-/m1/s1. The summed E-state index contributed by atoms with van der Waals surface area (Å²) in [7, 11) is 3.26. The van der Waals surface area contributed by atoms with E-state index in [2.05, 4.69) is 4.98 Å². The van der Waals surface area contributed by atoms with E-state index in [0.717, 1.165) is 28.2 Å². The lowest BCUT2D eigenvalue weighted by Gasteiger charge is -2.37. The average Bonchev–Trinajstić information content (AvgIpc) is 3.34. The van der Waals surface area contributed by atoms with Crippen LogP contribution >= 0.6 is 0 Å². The van der Waals surface area contributed by atoms with E-state index in [4.69, 9.17) is 18.9 Å². The van der Waals surface area contributed by atoms with Crippen LogP contribution in [0.2, 0.25) is 0 Å². The molecule has 1 saturated heterocycles. The van der Waals surface area contributed by atoms with E-state index in [-0.39, 0.29) is 12.2 Å². The van der Waals surface area contributed by atoms with Crippen molar-refractivity contribution in [2.24, 2.45) is 0 Å². The van der Waals surface area contributed by atoms with Crippen molar-refractivity contribution in [2.75, 3.05) is 20.8 Å². The lowest BCUT2D eigenvalue weighted by Crippen LogP contribution is -2.38. The number of benzene rings is 3. The third kappa shape index (κ3) is 4.96. The maximum atomic E-state index is 12.3. The first kappa shape index (κ1) is 25.7. The second-order valence-corrected chi connectivity index (χ2v) is 9.24. The third-order valence-electron chi connectivity index (χ3n) is 7.06. The quantitative estimate of drug-likeness (QED) is 0.318. The molecule has 0 unspecified atom stereocenters. The van der Waals surface area contributed by atoms with Gasteiger partial charge in [-0.2, -0.15) is 0 Å². The maximum Gasteiger partial charge on any atom is 0.253 e. The Balaban J connectivity index is 1.54. The fourth-order valence-electron chi connectivity index (χ4n) is 5.05. The van der Waals surface area contributed by atoms with Crippen LogP contribution in [-0.2, 0) is 15.1 Å². The Hall–Kier alpha value is -3.91. The van der Waals surface area contributed by atoms with Crippen LogP contribution < -0.4 is 15.0 Å². The van der Waals surface area contributed by atoms with Crippen LogP contribution in [0.3, 0.4) is 0 Å². The highest BCUT2D eigenvalue weighted by molar-refractivity contribution is 5.49. The molecule has 3 atom stereocenters. The molecule has 38 heavy (non-hydrogen) atoms. The third-order valence-corrected chi connectivity index (χ3v) is 7.06. The SMILES string of the molecule is COc1ccc(C(OC[C@H]2O[C@@H](c3ccc[nH]c3=O)C[C@H]2O)(c2ccccc2)c2ccc(OC)cc2)cc1. The number of ether oxygens (including phenoxy) is 4. The van der Waals surface area contributed by atoms with Crippen molar-refractivity contribution in [3.8, 4) is 11.5 Å². The zero-order chi connectivity index (χ0) is 26.5. The number of methoxy groups -OCH3 is 2. The number of pyridine rings is 1. The molecule has 4 aromatic rings. The molecule has 1 aliphatic heterocycles. The molecule has 0 amide bonds. The van der Waals surface area contributed by atoms with E-state index < -0.39 is 23.9 Å². The van der Waals surface area contributed by atoms with Gasteiger partial charge in [-0.15, -0.1) is 0 Å². The summed E-state index contributed by atoms with van der Waals surface area (Å²) in [5.74, 6) is 1.46. The van der Waals surface area contributed by atoms with Gasteiger partial charge in [0.2, 0.25) is 0 Å². The lowest BCUT2D eigenvalue weighted by atomic mass is 9.80. The molecular weight excluding hydrogens is 482 g/mol. The van der Waals surface area contributed by atoms with Gasteiger partial charge in [0, 0.05) is 18.2 Å². The molecule has 7 heteroatoms. The largest absolute Gasteiger partial charge is 0.497 e. The molecule has 196 valence electrons. The molecule has 0 aliphatic carbocycles. The highest BCUT2D eigenvalue weighted by Crippen LogP contribution is 2.43. The fraction of sp³-hybridized carbons (Fsp3) is 0.258. The van der Waals surface area contributed by atoms with Gasteiger partial charge in [-0.3, -0.25) is 4.79 Å². The van der Waals surface area contributed by atoms with Gasteiger partial charge in [-0.1, -0.05) is 54.6 Å². The van der Waals surface area contributed by atoms with Gasteiger partial charge in [0.25, 0.3) is 5.56 Å². The van der Waals surface area contributed by atoms with Crippen molar-refractivity contribution >= 4 is 0 Å². The zero-order valence-electron chi connectivity index (χ0n) is 21.4. The molecule has 0 saturated carbocycles. The number of aliphatic hydroxyl groups is 1. The van der Waals surface area contributed by atoms with E-state index in [1.807, 2.05) is 78.9 Å². The van der Waals surface area contributed by atoms with Crippen molar-refractivity contribution in [1.29, 1.82) is 0 Å². The minimum atomic E-state index is -1.02. The molecule has 5 rings (SSSR count). The molecule has 2 heterocycles. The van der Waals surface area contributed by atoms with Crippen molar-refractivity contribution < 1.29 is 24.1 Å². The summed E-state index contributed by atoms with van der Waals surface area (Å²) >= 11 is 0. The van der Waals surface area contributed by atoms with Gasteiger partial charge < -0.3 is 29.0 Å². The minimum Gasteiger partial charge on any atom is -0.497 e. The van der Waals surface area contributed by atoms with Crippen molar-refractivity contribution in [1.82, 2.24) is 4.98 Å². The molecule has 0 radical (unpaired) electrons. The Labute approximate surface area is 221 Å². The molecule has 1 fully saturated rings. The number of rotatable bonds is 9. The van der Waals surface area contributed by atoms with Crippen LogP contribution in [0.25, 0.3) is 0 Å². The van der Waals surface area contributed by atoms with E-state index in [1.165, 1.54) is 0 Å². The van der Waals surface area contributed by atoms with Crippen molar-refractivity contribution in [3.05, 3.63) is 130 Å². The summed E-state index contributed by atoms with van der Waals surface area (Å²) in [6.45, 7) is 0.0926. The van der Waals surface area contributed by atoms with Crippen LogP contribution in [0.5, 0.6) is 11.5 Å². The van der Waals surface area contributed by atoms with Crippen LogP contribution in [0, 0.1) is 0 Å². The average molecular weight is 514 g/mol. The molecule has 1 aliphatic rings. The topological polar surface area (TPSA) is 90.0 Å². The van der Waals surface area contributed by atoms with Gasteiger partial charge in [-0.25, -0.2) is 0 Å². The number of aromatic amines is 1. The zero-order valence-corrected chi connectivity index (χ0v) is 21.4. The van der Waals surface area contributed by atoms with Crippen LogP contribution in [0.15, 0.2) is 102 Å². The second kappa shape index (κ2) is 11.2. The van der Waals surface area contributed by atoms with Crippen molar-refractivity contribution in [2.45, 2.75) is 30.3 Å². The van der Waals surface area contributed by atoms with Gasteiger partial charge in [-0.05, 0) is 53.1 Å². The summed E-state index contributed by atoms with van der Waals surface area (Å²) in [5, 5.41) is 10.9. The van der Waals surface area contributed by atoms with Gasteiger partial charge in [0.15, 0.2) is 0 Å². The number of hydrogen-bond donors (Lipinski definition) is 2. The first-order chi connectivity index (χ1) is 18.5. The van der Waals surface area contributed by atoms with E-state index in [9.17, 15) is 9.90 Å². The molecule has 0 spiro atoms. The van der Waals surface area contributed by atoms with Gasteiger partial charge >= 0.3 is 0 Å². The summed E-state index contributed by atoms with van der Waals surface area (Å²) in [6, 6.07) is 29.0. The van der Waals surface area contributed by atoms with Crippen LogP contribution in [0.1, 0.15) is 34.8 Å². The smallest absolute Gasteiger partial charge is 0.253 e. The number of hydrogen-bond acceptors (Lipinski definition) is 6. The number of H-pyrrole nitrogens is 1. The normalized spacial score (nSPS) is 19.3. The van der Waals surface area contributed by atoms with E-state index in [1.54, 1.807) is 32.5 Å². The van der Waals surface area contributed by atoms with Gasteiger partial charge in [0.05, 0.1) is 33.0 Å². The summed E-state index contributed by atoms with van der Waals surface area (Å²) in [4.78, 5) is 15.0. The van der Waals surface area contributed by atoms with Crippen LogP contribution in [0.4, 0.5) is 0 Å². The fourth-order valence-corrected chi connectivity index (χ4v) is 5.05. The number of nitrogens with one attached hydrogen (secondary N) is 1. The van der Waals surface area contributed by atoms with Gasteiger partial charge in [0.1, 0.15) is 23.2 Å². The first-order valence-corrected chi connectivity index (χ1v) is 12.5. The molecule has 7 nitrogen and oxygen atoms in total. The highest BCUT2D eigenvalue weighted by Gasteiger charge is 2.42. The Morgan fingerprint density at radius 2 is 1.42 bits per heavy atom. The molecule has 0 bridgehead atoms. The molecule has 1 aromatic heterocycles. The highest BCUT2D eigenvalue weighted by atomic mass is 16.6. The predicted molar refractivity (Wildman–Crippen MR) is 144 cm³/mol. The molecular formula is C31H31NO6. The maximum absolute atomic E-state index is 12.3. The molecule has 2 N–H and O–H groups in total. The first-order valence-electron chi connectivity index (χ1n) is 12.5. The Morgan fingerprint density at radius 1 is 0.842 bits per heavy atom. The Bertz CT molecular complexity index is 1340. The van der Waals surface area contributed by atoms with Crippen LogP contribution in [-0.4, -0.2) is 43.1 Å². The summed E-state index contributed by atoms with van der Waals surface area (Å²) < 4.78 is 23.8. The van der Waals surface area contributed by atoms with Crippen molar-refractivity contribution in [3.63, 3.8) is 0 Å². The molecule has 3 aromatic carbocycles. The Morgan fingerprint density at radius 3 is 1.97 bits per heavy atom. The Kier molecular flexibility index (Phi) is 7.60. The second-order valence-electron chi connectivity index (χ2n) is 9.24. The predicted octanol–water partition coefficient (Wildman–Crippen LogP) is 4.59. The number of aromatic nitrogens is 1.